The summed E-state index contributed by atoms with van der Waals surface area (Å²) in [6.07, 6.45) is 3.57. The van der Waals surface area contributed by atoms with Crippen LogP contribution in [0, 0.1) is 6.92 Å². The molecule has 0 aliphatic rings. The summed E-state index contributed by atoms with van der Waals surface area (Å²) in [5.41, 5.74) is 11.0. The molecule has 2 rings (SSSR count). The maximum absolute atomic E-state index is 8.18. The Labute approximate surface area is 110 Å². The van der Waals surface area contributed by atoms with Crippen LogP contribution in [0.2, 0.25) is 5.15 Å². The van der Waals surface area contributed by atoms with E-state index in [1.165, 1.54) is 0 Å². The maximum atomic E-state index is 8.18. The highest BCUT2D eigenvalue weighted by atomic mass is 35.5. The monoisotopic (exact) mass is 258 g/mol. The quantitative estimate of drug-likeness (QED) is 0.345. The summed E-state index contributed by atoms with van der Waals surface area (Å²) in [5, 5.41) is 4.92. The molecule has 0 N–H and O–H groups in total. The second-order valence-corrected chi connectivity index (χ2v) is 4.19. The van der Waals surface area contributed by atoms with Crippen molar-refractivity contribution in [2.24, 2.45) is 5.11 Å². The highest BCUT2D eigenvalue weighted by Gasteiger charge is 2.03. The van der Waals surface area contributed by atoms with Crippen molar-refractivity contribution in [3.05, 3.63) is 57.1 Å². The molecule has 0 unspecified atom stereocenters. The first-order valence-electron chi connectivity index (χ1n) is 5.45. The fraction of sp³-hybridized carbons (Fsp3) is 0.154. The maximum Gasteiger partial charge on any atom is 0.136 e. The van der Waals surface area contributed by atoms with Crippen molar-refractivity contribution in [3.63, 3.8) is 0 Å². The van der Waals surface area contributed by atoms with E-state index in [-0.39, 0.29) is 0 Å². The Balaban J connectivity index is 2.43. The molecule has 0 fully saturated rings. The van der Waals surface area contributed by atoms with Crippen LogP contribution in [0.5, 0.6) is 0 Å². The summed E-state index contributed by atoms with van der Waals surface area (Å²) in [4.78, 5) is 7.06. The van der Waals surface area contributed by atoms with Gasteiger partial charge in [-0.15, -0.1) is 0 Å². The average Bonchev–Trinajstić information content (AvgIpc) is 2.36. The molecule has 0 aliphatic carbocycles. The minimum Gasteiger partial charge on any atom is -0.235 e. The molecule has 0 aliphatic heterocycles. The number of pyridine rings is 1. The third-order valence-corrected chi connectivity index (χ3v) is 2.88. The molecule has 2 aromatic rings. The normalized spacial score (nSPS) is 10.8. The van der Waals surface area contributed by atoms with Crippen LogP contribution in [0.4, 0.5) is 0 Å². The Bertz CT molecular complexity index is 657. The minimum absolute atomic E-state index is 0.304. The lowest BCUT2D eigenvalue weighted by Crippen LogP contribution is -1.87. The highest BCUT2D eigenvalue weighted by Crippen LogP contribution is 2.23. The molecule has 0 bridgehead atoms. The van der Waals surface area contributed by atoms with E-state index in [0.29, 0.717) is 11.7 Å². The van der Waals surface area contributed by atoms with E-state index in [4.69, 9.17) is 17.1 Å². The van der Waals surface area contributed by atoms with Gasteiger partial charge in [0.05, 0.1) is 5.52 Å². The average molecular weight is 259 g/mol. The lowest BCUT2D eigenvalue weighted by Gasteiger charge is -2.04. The molecule has 1 heterocycles. The Morgan fingerprint density at radius 1 is 1.50 bits per heavy atom. The van der Waals surface area contributed by atoms with Gasteiger partial charge in [0.15, 0.2) is 0 Å². The van der Waals surface area contributed by atoms with Gasteiger partial charge >= 0.3 is 0 Å². The molecule has 0 spiro atoms. The van der Waals surface area contributed by atoms with Gasteiger partial charge in [0.1, 0.15) is 5.15 Å². The van der Waals surface area contributed by atoms with E-state index in [9.17, 15) is 0 Å². The largest absolute Gasteiger partial charge is 0.235 e. The topological polar surface area (TPSA) is 61.7 Å². The van der Waals surface area contributed by atoms with Crippen LogP contribution in [0.3, 0.4) is 0 Å². The van der Waals surface area contributed by atoms with Gasteiger partial charge in [-0.25, -0.2) is 4.98 Å². The fourth-order valence-corrected chi connectivity index (χ4v) is 1.92. The number of fused-ring (bicyclic) bond motifs is 1. The van der Waals surface area contributed by atoms with Crippen molar-refractivity contribution in [1.82, 2.24) is 4.98 Å². The van der Waals surface area contributed by atoms with Crippen molar-refractivity contribution in [2.75, 3.05) is 6.54 Å². The van der Waals surface area contributed by atoms with Gasteiger partial charge < -0.3 is 0 Å². The summed E-state index contributed by atoms with van der Waals surface area (Å²) < 4.78 is 0. The number of nitrogens with zero attached hydrogens (tertiary/aromatic N) is 4. The number of hydrogen-bond acceptors (Lipinski definition) is 2. The first kappa shape index (κ1) is 12.4. The Morgan fingerprint density at radius 3 is 3.11 bits per heavy atom. The predicted octanol–water partition coefficient (Wildman–Crippen LogP) is 4.52. The number of aryl methyl sites for hydroxylation is 1. The molecular weight excluding hydrogens is 248 g/mol. The summed E-state index contributed by atoms with van der Waals surface area (Å²) in [7, 11) is 0. The summed E-state index contributed by atoms with van der Waals surface area (Å²) >= 11 is 6.12. The van der Waals surface area contributed by atoms with Crippen molar-refractivity contribution in [1.29, 1.82) is 0 Å². The third-order valence-electron chi connectivity index (χ3n) is 2.58. The van der Waals surface area contributed by atoms with Crippen molar-refractivity contribution < 1.29 is 0 Å². The van der Waals surface area contributed by atoms with Crippen molar-refractivity contribution in [3.8, 4) is 0 Å². The van der Waals surface area contributed by atoms with Crippen LogP contribution >= 0.6 is 11.6 Å². The fourth-order valence-electron chi connectivity index (χ4n) is 1.72. The summed E-state index contributed by atoms with van der Waals surface area (Å²) in [6.45, 7) is 2.31. The predicted molar refractivity (Wildman–Crippen MR) is 74.5 cm³/mol. The first-order valence-corrected chi connectivity index (χ1v) is 5.83. The third kappa shape index (κ3) is 2.62. The Kier molecular flexibility index (Phi) is 3.82. The lowest BCUT2D eigenvalue weighted by molar-refractivity contribution is 1.22. The number of aromatic nitrogens is 1. The molecule has 0 radical (unpaired) electrons. The summed E-state index contributed by atoms with van der Waals surface area (Å²) in [5.74, 6) is 0. The SMILES string of the molecule is Cc1cccc2cc(C=CCN=[N+]=[N-])c(Cl)nc12. The van der Waals surface area contributed by atoms with Crippen LogP contribution in [-0.2, 0) is 0 Å². The van der Waals surface area contributed by atoms with E-state index in [1.807, 2.05) is 37.3 Å². The second-order valence-electron chi connectivity index (χ2n) is 3.83. The molecule has 0 amide bonds. The minimum atomic E-state index is 0.304. The zero-order valence-corrected chi connectivity index (χ0v) is 10.6. The number of benzene rings is 1. The van der Waals surface area contributed by atoms with Gasteiger partial charge in [0, 0.05) is 22.4 Å². The molecule has 0 saturated carbocycles. The van der Waals surface area contributed by atoms with Crippen LogP contribution in [0.1, 0.15) is 11.1 Å². The van der Waals surface area contributed by atoms with Crippen LogP contribution < -0.4 is 0 Å². The van der Waals surface area contributed by atoms with Gasteiger partial charge in [-0.2, -0.15) is 0 Å². The van der Waals surface area contributed by atoms with Gasteiger partial charge in [-0.1, -0.05) is 47.1 Å². The molecule has 0 saturated heterocycles. The number of para-hydroxylation sites is 1. The molecule has 1 aromatic heterocycles. The lowest BCUT2D eigenvalue weighted by atomic mass is 10.1. The highest BCUT2D eigenvalue weighted by molar-refractivity contribution is 6.31. The zero-order chi connectivity index (χ0) is 13.0. The zero-order valence-electron chi connectivity index (χ0n) is 9.84. The standard InChI is InChI=1S/C13H11ClN4/c1-9-4-2-5-10-8-11(6-3-7-16-18-15)13(14)17-12(9)10/h2-6,8H,7H2,1H3. The van der Waals surface area contributed by atoms with Crippen molar-refractivity contribution in [2.45, 2.75) is 6.92 Å². The Morgan fingerprint density at radius 2 is 2.33 bits per heavy atom. The molecule has 5 heteroatoms. The van der Waals surface area contributed by atoms with E-state index < -0.39 is 0 Å². The molecule has 0 atom stereocenters. The van der Waals surface area contributed by atoms with Gasteiger partial charge in [0.2, 0.25) is 0 Å². The molecule has 4 nitrogen and oxygen atoms in total. The Hall–Kier alpha value is -2.03. The van der Waals surface area contributed by atoms with Gasteiger partial charge in [0.25, 0.3) is 0 Å². The smallest absolute Gasteiger partial charge is 0.136 e. The number of azide groups is 1. The van der Waals surface area contributed by atoms with Crippen LogP contribution in [0.15, 0.2) is 35.5 Å². The molecule has 1 aromatic carbocycles. The van der Waals surface area contributed by atoms with E-state index >= 15 is 0 Å². The van der Waals surface area contributed by atoms with E-state index in [2.05, 4.69) is 15.0 Å². The van der Waals surface area contributed by atoms with E-state index in [0.717, 1.165) is 22.0 Å². The molecular formula is C13H11ClN4. The summed E-state index contributed by atoms with van der Waals surface area (Å²) in [6, 6.07) is 7.96. The van der Waals surface area contributed by atoms with Crippen LogP contribution in [-0.4, -0.2) is 11.5 Å². The molecule has 90 valence electrons. The number of halogens is 1. The molecule has 18 heavy (non-hydrogen) atoms. The van der Waals surface area contributed by atoms with E-state index in [1.54, 1.807) is 6.08 Å². The van der Waals surface area contributed by atoms with Crippen molar-refractivity contribution >= 4 is 28.6 Å². The van der Waals surface area contributed by atoms with Crippen LogP contribution in [0.25, 0.3) is 27.4 Å². The number of rotatable bonds is 3. The first-order chi connectivity index (χ1) is 8.72. The number of hydrogen-bond donors (Lipinski definition) is 0. The van der Waals surface area contributed by atoms with Gasteiger partial charge in [-0.05, 0) is 24.1 Å². The van der Waals surface area contributed by atoms with Gasteiger partial charge in [-0.3, -0.25) is 0 Å². The second kappa shape index (κ2) is 5.54.